The maximum Gasteiger partial charge on any atom is 0.261 e. The highest BCUT2D eigenvalue weighted by Crippen LogP contribution is 2.34. The number of carbonyl (C=O) groups is 1. The molecule has 0 N–H and O–H groups in total. The lowest BCUT2D eigenvalue weighted by Crippen LogP contribution is -2.30. The van der Waals surface area contributed by atoms with Gasteiger partial charge in [0.15, 0.2) is 10.9 Å². The van der Waals surface area contributed by atoms with E-state index in [0.717, 1.165) is 23.0 Å². The first kappa shape index (κ1) is 19.9. The minimum atomic E-state index is -0.768. The van der Waals surface area contributed by atoms with Gasteiger partial charge in [-0.3, -0.25) is 9.69 Å². The summed E-state index contributed by atoms with van der Waals surface area (Å²) in [5, 5.41) is 0.545. The van der Waals surface area contributed by atoms with Crippen molar-refractivity contribution in [3.05, 3.63) is 92.9 Å². The van der Waals surface area contributed by atoms with Crippen LogP contribution in [-0.4, -0.2) is 10.9 Å². The minimum Gasteiger partial charge on any atom is -0.279 e. The van der Waals surface area contributed by atoms with Crippen molar-refractivity contribution in [3.63, 3.8) is 0 Å². The third-order valence-corrected chi connectivity index (χ3v) is 6.07. The van der Waals surface area contributed by atoms with E-state index < -0.39 is 11.6 Å². The molecule has 0 atom stereocenters. The fourth-order valence-corrected chi connectivity index (χ4v) is 4.42. The Morgan fingerprint density at radius 3 is 2.62 bits per heavy atom. The van der Waals surface area contributed by atoms with Gasteiger partial charge in [-0.2, -0.15) is 0 Å². The van der Waals surface area contributed by atoms with Crippen LogP contribution >= 0.6 is 38.9 Å². The van der Waals surface area contributed by atoms with Gasteiger partial charge >= 0.3 is 0 Å². The van der Waals surface area contributed by atoms with Crippen LogP contribution in [0.1, 0.15) is 15.9 Å². The van der Waals surface area contributed by atoms with Gasteiger partial charge in [0.05, 0.1) is 21.8 Å². The van der Waals surface area contributed by atoms with E-state index in [1.807, 2.05) is 30.3 Å². The summed E-state index contributed by atoms with van der Waals surface area (Å²) in [6.45, 7) is 0.201. The topological polar surface area (TPSA) is 33.2 Å². The first-order chi connectivity index (χ1) is 13.9. The van der Waals surface area contributed by atoms with Crippen LogP contribution in [-0.2, 0) is 6.54 Å². The highest BCUT2D eigenvalue weighted by Gasteiger charge is 2.24. The van der Waals surface area contributed by atoms with E-state index in [1.54, 1.807) is 18.2 Å². The van der Waals surface area contributed by atoms with Crippen LogP contribution in [0.5, 0.6) is 0 Å². The molecule has 3 nitrogen and oxygen atoms in total. The molecule has 146 valence electrons. The lowest BCUT2D eigenvalue weighted by Gasteiger charge is -2.21. The summed E-state index contributed by atoms with van der Waals surface area (Å²) in [6.07, 6.45) is 0. The second-order valence-corrected chi connectivity index (χ2v) is 8.56. The molecule has 0 saturated heterocycles. The zero-order chi connectivity index (χ0) is 20.5. The van der Waals surface area contributed by atoms with Crippen molar-refractivity contribution in [2.45, 2.75) is 6.54 Å². The fourth-order valence-electron chi connectivity index (χ4n) is 2.86. The fraction of sp³-hybridized carbons (Fsp3) is 0.0476. The van der Waals surface area contributed by atoms with Gasteiger partial charge in [0, 0.05) is 10.5 Å². The third-order valence-electron chi connectivity index (χ3n) is 4.22. The van der Waals surface area contributed by atoms with Crippen LogP contribution < -0.4 is 4.90 Å². The van der Waals surface area contributed by atoms with Crippen LogP contribution in [0.25, 0.3) is 10.2 Å². The number of nitrogens with zero attached hydrogens (tertiary/aromatic N) is 2. The molecule has 0 aliphatic heterocycles. The third kappa shape index (κ3) is 4.17. The second kappa shape index (κ2) is 8.18. The highest BCUT2D eigenvalue weighted by molar-refractivity contribution is 9.10. The quantitative estimate of drug-likeness (QED) is 0.312. The van der Waals surface area contributed by atoms with E-state index in [-0.39, 0.29) is 33.7 Å². The molecular formula is C21H12BrClF2N2OS. The second-order valence-electron chi connectivity index (χ2n) is 6.23. The van der Waals surface area contributed by atoms with Gasteiger partial charge in [-0.15, -0.1) is 0 Å². The summed E-state index contributed by atoms with van der Waals surface area (Å²) in [6, 6.07) is 16.3. The molecular weight excluding hydrogens is 482 g/mol. The zero-order valence-corrected chi connectivity index (χ0v) is 17.9. The van der Waals surface area contributed by atoms with Crippen LogP contribution in [0.3, 0.4) is 0 Å². The minimum absolute atomic E-state index is 0.0256. The van der Waals surface area contributed by atoms with Crippen LogP contribution in [0.15, 0.2) is 65.1 Å². The Bertz CT molecular complexity index is 1220. The number of hydrogen-bond donors (Lipinski definition) is 0. The number of halogens is 4. The number of aromatic nitrogens is 1. The van der Waals surface area contributed by atoms with E-state index in [0.29, 0.717) is 9.17 Å². The SMILES string of the molecule is O=C(c1cc(Br)ccc1Cl)N(Cc1ccccc1)c1nc2c(F)cc(F)cc2s1. The number of rotatable bonds is 4. The van der Waals surface area contributed by atoms with Crippen molar-refractivity contribution < 1.29 is 13.6 Å². The van der Waals surface area contributed by atoms with Crippen molar-refractivity contribution in [2.24, 2.45) is 0 Å². The summed E-state index contributed by atoms with van der Waals surface area (Å²) >= 11 is 10.6. The highest BCUT2D eigenvalue weighted by atomic mass is 79.9. The number of amides is 1. The van der Waals surface area contributed by atoms with E-state index >= 15 is 0 Å². The first-order valence-corrected chi connectivity index (χ1v) is 10.5. The first-order valence-electron chi connectivity index (χ1n) is 8.49. The summed E-state index contributed by atoms with van der Waals surface area (Å²) in [5.74, 6) is -1.85. The molecule has 0 radical (unpaired) electrons. The van der Waals surface area contributed by atoms with Gasteiger partial charge in [-0.05, 0) is 29.8 Å². The monoisotopic (exact) mass is 492 g/mol. The number of carbonyl (C=O) groups excluding carboxylic acids is 1. The van der Waals surface area contributed by atoms with Gasteiger partial charge in [0.1, 0.15) is 11.3 Å². The van der Waals surface area contributed by atoms with Crippen molar-refractivity contribution >= 4 is 60.1 Å². The standard InChI is InChI=1S/C21H12BrClF2N2OS/c22-13-6-7-16(23)15(8-13)20(28)27(11-12-4-2-1-3-5-12)21-26-19-17(25)9-14(24)10-18(19)29-21/h1-10H,11H2. The maximum atomic E-state index is 14.2. The Kier molecular flexibility index (Phi) is 5.63. The molecule has 0 unspecified atom stereocenters. The van der Waals surface area contributed by atoms with E-state index in [1.165, 1.54) is 11.0 Å². The van der Waals surface area contributed by atoms with E-state index in [2.05, 4.69) is 20.9 Å². The Morgan fingerprint density at radius 1 is 1.10 bits per heavy atom. The zero-order valence-electron chi connectivity index (χ0n) is 14.7. The molecule has 1 amide bonds. The molecule has 0 aliphatic rings. The lowest BCUT2D eigenvalue weighted by atomic mass is 10.1. The molecule has 3 aromatic carbocycles. The summed E-state index contributed by atoms with van der Waals surface area (Å²) in [5.41, 5.74) is 1.17. The van der Waals surface area contributed by atoms with Gasteiger partial charge < -0.3 is 0 Å². The summed E-state index contributed by atoms with van der Waals surface area (Å²) in [7, 11) is 0. The van der Waals surface area contributed by atoms with Gasteiger partial charge in [-0.1, -0.05) is 69.2 Å². The molecule has 0 spiro atoms. The average molecular weight is 494 g/mol. The maximum absolute atomic E-state index is 14.2. The van der Waals surface area contributed by atoms with Crippen molar-refractivity contribution in [3.8, 4) is 0 Å². The molecule has 0 bridgehead atoms. The van der Waals surface area contributed by atoms with Gasteiger partial charge in [0.25, 0.3) is 5.91 Å². The summed E-state index contributed by atoms with van der Waals surface area (Å²) in [4.78, 5) is 19.1. The smallest absolute Gasteiger partial charge is 0.261 e. The van der Waals surface area contributed by atoms with Crippen molar-refractivity contribution in [1.29, 1.82) is 0 Å². The Labute approximate surface area is 182 Å². The number of thiazole rings is 1. The number of benzene rings is 3. The molecule has 0 aliphatic carbocycles. The molecule has 0 fully saturated rings. The molecule has 4 aromatic rings. The van der Waals surface area contributed by atoms with Crippen molar-refractivity contribution in [1.82, 2.24) is 4.98 Å². The van der Waals surface area contributed by atoms with Crippen LogP contribution in [0, 0.1) is 11.6 Å². The normalized spacial score (nSPS) is 11.0. The molecule has 4 rings (SSSR count). The summed E-state index contributed by atoms with van der Waals surface area (Å²) < 4.78 is 28.8. The predicted molar refractivity (Wildman–Crippen MR) is 116 cm³/mol. The van der Waals surface area contributed by atoms with Crippen LogP contribution in [0.4, 0.5) is 13.9 Å². The molecule has 1 heterocycles. The molecule has 0 saturated carbocycles. The number of fused-ring (bicyclic) bond motifs is 1. The predicted octanol–water partition coefficient (Wildman–Crippen LogP) is 6.84. The van der Waals surface area contributed by atoms with E-state index in [9.17, 15) is 13.6 Å². The van der Waals surface area contributed by atoms with Gasteiger partial charge in [0.2, 0.25) is 0 Å². The van der Waals surface area contributed by atoms with E-state index in [4.69, 9.17) is 11.6 Å². The van der Waals surface area contributed by atoms with Crippen LogP contribution in [0.2, 0.25) is 5.02 Å². The van der Waals surface area contributed by atoms with Crippen molar-refractivity contribution in [2.75, 3.05) is 4.90 Å². The molecule has 29 heavy (non-hydrogen) atoms. The Balaban J connectivity index is 1.83. The average Bonchev–Trinajstić information content (AvgIpc) is 3.12. The molecule has 8 heteroatoms. The van der Waals surface area contributed by atoms with Gasteiger partial charge in [-0.25, -0.2) is 13.8 Å². The Hall–Kier alpha value is -2.35. The Morgan fingerprint density at radius 2 is 1.86 bits per heavy atom. The largest absolute Gasteiger partial charge is 0.279 e. The lowest BCUT2D eigenvalue weighted by molar-refractivity contribution is 0.0985. The molecule has 1 aromatic heterocycles. The number of hydrogen-bond acceptors (Lipinski definition) is 3. The number of anilines is 1.